The molecule has 1 rings (SSSR count). The van der Waals surface area contributed by atoms with Gasteiger partial charge in [0, 0.05) is 20.3 Å². The van der Waals surface area contributed by atoms with Crippen molar-refractivity contribution in [3.8, 4) is 0 Å². The first-order chi connectivity index (χ1) is 8.15. The number of benzene rings is 1. The predicted molar refractivity (Wildman–Crippen MR) is 65.0 cm³/mol. The normalized spacial score (nSPS) is 13.0. The minimum Gasteiger partial charge on any atom is -0.375 e. The molecule has 95 valence electrons. The molecule has 0 amide bonds. The van der Waals surface area contributed by atoms with Gasteiger partial charge in [0.15, 0.2) is 0 Å². The molecule has 0 aliphatic rings. The molecular formula is C12H18FO3Si. The van der Waals surface area contributed by atoms with Crippen molar-refractivity contribution in [3.05, 3.63) is 35.6 Å². The summed E-state index contributed by atoms with van der Waals surface area (Å²) in [6.45, 7) is 1.96. The topological polar surface area (TPSA) is 27.7 Å². The zero-order chi connectivity index (χ0) is 12.7. The molecule has 0 aliphatic carbocycles. The molecule has 3 nitrogen and oxygen atoms in total. The van der Waals surface area contributed by atoms with Gasteiger partial charge in [0.2, 0.25) is 0 Å². The van der Waals surface area contributed by atoms with Gasteiger partial charge in [-0.3, -0.25) is 0 Å². The van der Waals surface area contributed by atoms with E-state index in [9.17, 15) is 4.39 Å². The van der Waals surface area contributed by atoms with Crippen LogP contribution in [0.1, 0.15) is 18.9 Å². The average Bonchev–Trinajstić information content (AvgIpc) is 2.33. The fraction of sp³-hybridized carbons (Fsp3) is 0.500. The number of halogens is 1. The molecule has 1 radical (unpaired) electrons. The second-order valence-corrected chi connectivity index (χ2v) is 5.31. The number of hydrogen-bond acceptors (Lipinski definition) is 3. The lowest BCUT2D eigenvalue weighted by Crippen LogP contribution is -2.28. The smallest absolute Gasteiger partial charge is 0.375 e. The summed E-state index contributed by atoms with van der Waals surface area (Å²) in [5, 5.41) is 0. The van der Waals surface area contributed by atoms with Gasteiger partial charge in [-0.05, 0) is 37.5 Å². The third kappa shape index (κ3) is 5.41. The lowest BCUT2D eigenvalue weighted by molar-refractivity contribution is 0.0908. The van der Waals surface area contributed by atoms with E-state index in [2.05, 4.69) is 0 Å². The van der Waals surface area contributed by atoms with Gasteiger partial charge in [-0.1, -0.05) is 12.1 Å². The Balaban J connectivity index is 2.35. The average molecular weight is 257 g/mol. The van der Waals surface area contributed by atoms with Crippen molar-refractivity contribution in [2.24, 2.45) is 0 Å². The molecule has 1 unspecified atom stereocenters. The molecule has 0 bridgehead atoms. The summed E-state index contributed by atoms with van der Waals surface area (Å²) in [6.07, 6.45) is 1.62. The molecule has 0 saturated heterocycles. The van der Waals surface area contributed by atoms with Crippen LogP contribution in [0, 0.1) is 5.82 Å². The SMILES string of the molecule is CO[Si](OC)OC(C)CCc1cccc(F)c1. The Kier molecular flexibility index (Phi) is 6.35. The highest BCUT2D eigenvalue weighted by Crippen LogP contribution is 2.10. The zero-order valence-corrected chi connectivity index (χ0v) is 11.4. The monoisotopic (exact) mass is 257 g/mol. The standard InChI is InChI=1S/C12H18FO3Si/c1-10(16-17(14-2)15-3)7-8-11-5-4-6-12(13)9-11/h4-6,9-10H,7-8H2,1-3H3. The maximum Gasteiger partial charge on any atom is 0.577 e. The molecule has 0 heterocycles. The Labute approximate surface area is 103 Å². The minimum absolute atomic E-state index is 0.0343. The molecule has 1 atom stereocenters. The zero-order valence-electron chi connectivity index (χ0n) is 10.4. The lowest BCUT2D eigenvalue weighted by atomic mass is 10.1. The van der Waals surface area contributed by atoms with Crippen LogP contribution in [0.15, 0.2) is 24.3 Å². The highest BCUT2D eigenvalue weighted by molar-refractivity contribution is 6.36. The Hall–Kier alpha value is -0.753. The number of aryl methyl sites for hydroxylation is 1. The second-order valence-electron chi connectivity index (χ2n) is 3.76. The summed E-state index contributed by atoms with van der Waals surface area (Å²) in [5.41, 5.74) is 0.976. The van der Waals surface area contributed by atoms with Gasteiger partial charge in [0.25, 0.3) is 0 Å². The molecule has 1 aromatic carbocycles. The van der Waals surface area contributed by atoms with Gasteiger partial charge in [-0.2, -0.15) is 0 Å². The molecule has 1 aromatic rings. The molecule has 0 aliphatic heterocycles. The number of rotatable bonds is 7. The van der Waals surface area contributed by atoms with Crippen molar-refractivity contribution in [2.75, 3.05) is 14.2 Å². The van der Waals surface area contributed by atoms with Gasteiger partial charge in [-0.15, -0.1) is 0 Å². The maximum absolute atomic E-state index is 12.9. The second kappa shape index (κ2) is 7.55. The molecule has 0 saturated carbocycles. The van der Waals surface area contributed by atoms with Gasteiger partial charge in [0.1, 0.15) is 5.82 Å². The van der Waals surface area contributed by atoms with E-state index >= 15 is 0 Å². The van der Waals surface area contributed by atoms with E-state index in [4.69, 9.17) is 13.3 Å². The van der Waals surface area contributed by atoms with Crippen LogP contribution in [-0.4, -0.2) is 29.9 Å². The Morgan fingerprint density at radius 3 is 2.59 bits per heavy atom. The molecule has 5 heteroatoms. The third-order valence-corrected chi connectivity index (χ3v) is 3.62. The Bertz CT molecular complexity index is 331. The van der Waals surface area contributed by atoms with Gasteiger partial charge < -0.3 is 13.3 Å². The van der Waals surface area contributed by atoms with E-state index in [1.807, 2.05) is 13.0 Å². The van der Waals surface area contributed by atoms with E-state index in [-0.39, 0.29) is 11.9 Å². The van der Waals surface area contributed by atoms with Gasteiger partial charge >= 0.3 is 9.53 Å². The van der Waals surface area contributed by atoms with Gasteiger partial charge in [0.05, 0.1) is 0 Å². The Morgan fingerprint density at radius 1 is 1.29 bits per heavy atom. The third-order valence-electron chi connectivity index (χ3n) is 2.36. The summed E-state index contributed by atoms with van der Waals surface area (Å²) in [7, 11) is 1.53. The highest BCUT2D eigenvalue weighted by atomic mass is 28.3. The summed E-state index contributed by atoms with van der Waals surface area (Å²) in [4.78, 5) is 0. The van der Waals surface area contributed by atoms with E-state index in [0.717, 1.165) is 18.4 Å². The van der Waals surface area contributed by atoms with Crippen molar-refractivity contribution < 1.29 is 17.7 Å². The molecule has 0 fully saturated rings. The Morgan fingerprint density at radius 2 is 2.00 bits per heavy atom. The molecule has 17 heavy (non-hydrogen) atoms. The summed E-state index contributed by atoms with van der Waals surface area (Å²) in [6, 6.07) is 6.62. The van der Waals surface area contributed by atoms with Crippen LogP contribution in [0.4, 0.5) is 4.39 Å². The van der Waals surface area contributed by atoms with Crippen molar-refractivity contribution >= 4 is 9.53 Å². The van der Waals surface area contributed by atoms with E-state index in [0.29, 0.717) is 0 Å². The molecule has 0 spiro atoms. The van der Waals surface area contributed by atoms with E-state index in [1.54, 1.807) is 26.4 Å². The van der Waals surface area contributed by atoms with E-state index < -0.39 is 9.53 Å². The van der Waals surface area contributed by atoms with Crippen LogP contribution in [0.25, 0.3) is 0 Å². The molecule has 0 aromatic heterocycles. The summed E-state index contributed by atoms with van der Waals surface area (Å²) in [5.74, 6) is -0.199. The van der Waals surface area contributed by atoms with Crippen molar-refractivity contribution in [2.45, 2.75) is 25.9 Å². The quantitative estimate of drug-likeness (QED) is 0.702. The maximum atomic E-state index is 12.9. The summed E-state index contributed by atoms with van der Waals surface area (Å²) >= 11 is 0. The van der Waals surface area contributed by atoms with Crippen LogP contribution in [0.3, 0.4) is 0 Å². The van der Waals surface area contributed by atoms with Crippen LogP contribution in [-0.2, 0) is 19.7 Å². The minimum atomic E-state index is -1.61. The van der Waals surface area contributed by atoms with Gasteiger partial charge in [-0.25, -0.2) is 4.39 Å². The van der Waals surface area contributed by atoms with Crippen molar-refractivity contribution in [1.82, 2.24) is 0 Å². The fourth-order valence-electron chi connectivity index (χ4n) is 1.47. The first-order valence-corrected chi connectivity index (χ1v) is 6.74. The highest BCUT2D eigenvalue weighted by Gasteiger charge is 2.18. The largest absolute Gasteiger partial charge is 0.577 e. The summed E-state index contributed by atoms with van der Waals surface area (Å²) < 4.78 is 28.6. The molecular weight excluding hydrogens is 239 g/mol. The first kappa shape index (κ1) is 14.3. The molecule has 0 N–H and O–H groups in total. The number of hydrogen-bond donors (Lipinski definition) is 0. The lowest BCUT2D eigenvalue weighted by Gasteiger charge is -2.16. The van der Waals surface area contributed by atoms with Crippen LogP contribution in [0.2, 0.25) is 0 Å². The van der Waals surface area contributed by atoms with E-state index in [1.165, 1.54) is 6.07 Å². The predicted octanol–water partition coefficient (Wildman–Crippen LogP) is 2.44. The van der Waals surface area contributed by atoms with Crippen LogP contribution < -0.4 is 0 Å². The van der Waals surface area contributed by atoms with Crippen molar-refractivity contribution in [3.63, 3.8) is 0 Å². The fourth-order valence-corrected chi connectivity index (χ4v) is 2.27. The van der Waals surface area contributed by atoms with Crippen LogP contribution in [0.5, 0.6) is 0 Å². The van der Waals surface area contributed by atoms with Crippen molar-refractivity contribution in [1.29, 1.82) is 0 Å². The first-order valence-electron chi connectivity index (χ1n) is 5.51. The van der Waals surface area contributed by atoms with Crippen LogP contribution >= 0.6 is 0 Å².